The predicted molar refractivity (Wildman–Crippen MR) is 50.6 cm³/mol. The highest BCUT2D eigenvalue weighted by atomic mass is 35.5. The van der Waals surface area contributed by atoms with Crippen molar-refractivity contribution in [2.45, 2.75) is 0 Å². The molecule has 1 heterocycles. The fourth-order valence-electron chi connectivity index (χ4n) is 1.07. The lowest BCUT2D eigenvalue weighted by atomic mass is 10.2. The van der Waals surface area contributed by atoms with E-state index in [1.54, 1.807) is 0 Å². The van der Waals surface area contributed by atoms with Crippen molar-refractivity contribution >= 4 is 34.0 Å². The number of aromatic nitrogens is 1. The summed E-state index contributed by atoms with van der Waals surface area (Å²) >= 11 is 11.7. The maximum Gasteiger partial charge on any atom is 0.137 e. The number of pyridine rings is 1. The van der Waals surface area contributed by atoms with Crippen LogP contribution < -0.4 is 0 Å². The highest BCUT2D eigenvalue weighted by Gasteiger charge is 2.02. The van der Waals surface area contributed by atoms with Crippen molar-refractivity contribution in [1.29, 1.82) is 0 Å². The second-order valence-electron chi connectivity index (χ2n) is 2.37. The lowest BCUT2D eigenvalue weighted by Crippen LogP contribution is -1.80. The van der Waals surface area contributed by atoms with Gasteiger partial charge in [-0.2, -0.15) is 0 Å². The maximum absolute atomic E-state index is 5.85. The molecule has 0 atom stereocenters. The quantitative estimate of drug-likeness (QED) is 0.590. The number of fused-ring (bicyclic) bond motifs is 1. The Bertz CT molecular complexity index is 385. The number of halogens is 2. The number of benzene rings is 1. The molecule has 0 aliphatic heterocycles. The Labute approximate surface area is 79.9 Å². The first-order chi connectivity index (χ1) is 5.79. The van der Waals surface area contributed by atoms with Crippen molar-refractivity contribution in [2.75, 3.05) is 0 Å². The summed E-state index contributed by atoms with van der Waals surface area (Å²) < 4.78 is 0. The first-order valence-electron chi connectivity index (χ1n) is 3.40. The summed E-state index contributed by atoms with van der Waals surface area (Å²) in [5, 5.41) is 2.70. The molecule has 3 heteroatoms. The zero-order chi connectivity index (χ0) is 8.55. The fourth-order valence-corrected chi connectivity index (χ4v) is 1.49. The molecule has 0 unspecified atom stereocenters. The Morgan fingerprint density at radius 2 is 1.75 bits per heavy atom. The van der Waals surface area contributed by atoms with Crippen LogP contribution in [0.15, 0.2) is 24.3 Å². The lowest BCUT2D eigenvalue weighted by Gasteiger charge is -1.99. The topological polar surface area (TPSA) is 12.9 Å². The van der Waals surface area contributed by atoms with Gasteiger partial charge in [0.15, 0.2) is 0 Å². The summed E-state index contributed by atoms with van der Waals surface area (Å²) in [5.74, 6) is 0. The summed E-state index contributed by atoms with van der Waals surface area (Å²) in [5.41, 5.74) is 0. The summed E-state index contributed by atoms with van der Waals surface area (Å²) in [6.07, 6.45) is 2.63. The number of nitrogens with zero attached hydrogens (tertiary/aromatic N) is 1. The third kappa shape index (κ3) is 1.15. The molecule has 0 saturated carbocycles. The van der Waals surface area contributed by atoms with Crippen LogP contribution in [0.25, 0.3) is 10.8 Å². The Morgan fingerprint density at radius 1 is 1.08 bits per heavy atom. The van der Waals surface area contributed by atoms with Crippen LogP contribution in [-0.4, -0.2) is 4.98 Å². The minimum atomic E-state index is 0.440. The molecule has 1 radical (unpaired) electrons. The van der Waals surface area contributed by atoms with E-state index in [1.165, 1.54) is 0 Å². The third-order valence-corrected chi connectivity index (χ3v) is 2.21. The van der Waals surface area contributed by atoms with Crippen LogP contribution in [-0.2, 0) is 0 Å². The van der Waals surface area contributed by atoms with E-state index in [0.717, 1.165) is 10.8 Å². The zero-order valence-electron chi connectivity index (χ0n) is 6.01. The highest BCUT2D eigenvalue weighted by Crippen LogP contribution is 2.26. The average Bonchev–Trinajstić information content (AvgIpc) is 2.12. The van der Waals surface area contributed by atoms with Gasteiger partial charge in [0.2, 0.25) is 0 Å². The molecule has 0 bridgehead atoms. The second kappa shape index (κ2) is 2.92. The molecule has 0 saturated heterocycles. The zero-order valence-corrected chi connectivity index (χ0v) is 7.52. The monoisotopic (exact) mass is 196 g/mol. The van der Waals surface area contributed by atoms with Crippen LogP contribution in [0.2, 0.25) is 10.2 Å². The van der Waals surface area contributed by atoms with E-state index >= 15 is 0 Å². The van der Waals surface area contributed by atoms with Crippen molar-refractivity contribution in [2.24, 2.45) is 0 Å². The molecule has 1 aromatic heterocycles. The van der Waals surface area contributed by atoms with Crippen molar-refractivity contribution < 1.29 is 0 Å². The first-order valence-corrected chi connectivity index (χ1v) is 4.16. The van der Waals surface area contributed by atoms with Crippen LogP contribution in [0.4, 0.5) is 0 Å². The first kappa shape index (κ1) is 7.84. The van der Waals surface area contributed by atoms with Crippen LogP contribution >= 0.6 is 23.2 Å². The third-order valence-electron chi connectivity index (χ3n) is 1.64. The van der Waals surface area contributed by atoms with Crippen molar-refractivity contribution in [3.05, 3.63) is 40.6 Å². The Kier molecular flexibility index (Phi) is 1.91. The van der Waals surface area contributed by atoms with Gasteiger partial charge in [0.25, 0.3) is 0 Å². The van der Waals surface area contributed by atoms with E-state index in [4.69, 9.17) is 23.2 Å². The molecule has 1 nitrogen and oxygen atoms in total. The van der Waals surface area contributed by atoms with Gasteiger partial charge < -0.3 is 0 Å². The number of rotatable bonds is 0. The SMILES string of the molecule is Clc1[c]nc(Cl)c2ccccc12. The van der Waals surface area contributed by atoms with Crippen LogP contribution in [0.5, 0.6) is 0 Å². The summed E-state index contributed by atoms with van der Waals surface area (Å²) in [6.45, 7) is 0. The van der Waals surface area contributed by atoms with E-state index in [-0.39, 0.29) is 0 Å². The Hall–Kier alpha value is -0.790. The molecule has 0 fully saturated rings. The fraction of sp³-hybridized carbons (Fsp3) is 0. The molecule has 2 rings (SSSR count). The minimum absolute atomic E-state index is 0.440. The molecule has 0 aliphatic carbocycles. The van der Waals surface area contributed by atoms with E-state index < -0.39 is 0 Å². The van der Waals surface area contributed by atoms with Crippen molar-refractivity contribution in [1.82, 2.24) is 4.98 Å². The van der Waals surface area contributed by atoms with E-state index in [1.807, 2.05) is 24.3 Å². The standard InChI is InChI=1S/C9H4Cl2N/c10-8-5-12-9(11)7-4-2-1-3-6(7)8/h1-4H. The molecule has 2 aromatic rings. The van der Waals surface area contributed by atoms with Gasteiger partial charge in [0.05, 0.1) is 5.02 Å². The predicted octanol–water partition coefficient (Wildman–Crippen LogP) is 3.34. The molecule has 0 spiro atoms. The lowest BCUT2D eigenvalue weighted by molar-refractivity contribution is 1.34. The molecule has 59 valence electrons. The van der Waals surface area contributed by atoms with Crippen molar-refractivity contribution in [3.8, 4) is 0 Å². The van der Waals surface area contributed by atoms with Crippen LogP contribution in [0.3, 0.4) is 0 Å². The largest absolute Gasteiger partial charge is 0.232 e. The van der Waals surface area contributed by atoms with Gasteiger partial charge in [-0.1, -0.05) is 47.5 Å². The molecular formula is C9H4Cl2N. The van der Waals surface area contributed by atoms with Crippen LogP contribution in [0.1, 0.15) is 0 Å². The Balaban J connectivity index is 2.95. The summed E-state index contributed by atoms with van der Waals surface area (Å²) in [6, 6.07) is 7.57. The van der Waals surface area contributed by atoms with E-state index in [2.05, 4.69) is 11.2 Å². The molecule has 0 aliphatic rings. The average molecular weight is 197 g/mol. The smallest absolute Gasteiger partial charge is 0.137 e. The van der Waals surface area contributed by atoms with Gasteiger partial charge in [-0.15, -0.1) is 0 Å². The van der Waals surface area contributed by atoms with Gasteiger partial charge in [-0.05, 0) is 0 Å². The molecule has 0 amide bonds. The highest BCUT2D eigenvalue weighted by molar-refractivity contribution is 6.39. The summed E-state index contributed by atoms with van der Waals surface area (Å²) in [4.78, 5) is 3.82. The molecular weight excluding hydrogens is 193 g/mol. The minimum Gasteiger partial charge on any atom is -0.232 e. The second-order valence-corrected chi connectivity index (χ2v) is 3.11. The van der Waals surface area contributed by atoms with Crippen molar-refractivity contribution in [3.63, 3.8) is 0 Å². The molecule has 1 aromatic carbocycles. The number of hydrogen-bond donors (Lipinski definition) is 0. The van der Waals surface area contributed by atoms with Gasteiger partial charge in [-0.3, -0.25) is 0 Å². The van der Waals surface area contributed by atoms with E-state index in [0.29, 0.717) is 10.2 Å². The summed E-state index contributed by atoms with van der Waals surface area (Å²) in [7, 11) is 0. The van der Waals surface area contributed by atoms with E-state index in [9.17, 15) is 0 Å². The molecule has 0 N–H and O–H groups in total. The molecule has 12 heavy (non-hydrogen) atoms. The normalized spacial score (nSPS) is 10.5. The Morgan fingerprint density at radius 3 is 2.42 bits per heavy atom. The maximum atomic E-state index is 5.85. The van der Waals surface area contributed by atoms with Crippen LogP contribution in [0, 0.1) is 6.20 Å². The van der Waals surface area contributed by atoms with Gasteiger partial charge in [0.1, 0.15) is 11.3 Å². The van der Waals surface area contributed by atoms with Gasteiger partial charge >= 0.3 is 0 Å². The van der Waals surface area contributed by atoms with Gasteiger partial charge in [-0.25, -0.2) is 4.98 Å². The number of hydrogen-bond acceptors (Lipinski definition) is 1. The van der Waals surface area contributed by atoms with Gasteiger partial charge in [0, 0.05) is 10.8 Å².